The Bertz CT molecular complexity index is 911. The van der Waals surface area contributed by atoms with Gasteiger partial charge >= 0.3 is 11.9 Å². The third-order valence-electron chi connectivity index (χ3n) is 6.36. The number of carboxylic acid groups (broad SMARTS) is 2. The molecular weight excluding hydrogens is 432 g/mol. The molecule has 6 heteroatoms. The van der Waals surface area contributed by atoms with Crippen LogP contribution in [0.15, 0.2) is 33.1 Å². The van der Waals surface area contributed by atoms with E-state index in [4.69, 9.17) is 8.83 Å². The second-order valence-corrected chi connectivity index (χ2v) is 11.3. The van der Waals surface area contributed by atoms with Gasteiger partial charge in [-0.25, -0.2) is 0 Å². The molecule has 0 aliphatic heterocycles. The maximum Gasteiger partial charge on any atom is 0.314 e. The monoisotopic (exact) mass is 474 g/mol. The Hall–Kier alpha value is -2.50. The maximum absolute atomic E-state index is 11.7. The lowest BCUT2D eigenvalue weighted by Gasteiger charge is -2.18. The second-order valence-electron chi connectivity index (χ2n) is 11.3. The molecule has 2 aromatic rings. The molecule has 0 fully saturated rings. The number of aliphatic carboxylic acids is 2. The molecule has 0 saturated carbocycles. The third-order valence-corrected chi connectivity index (χ3v) is 6.36. The van der Waals surface area contributed by atoms with E-state index in [2.05, 4.69) is 20.8 Å². The Morgan fingerprint density at radius 2 is 1.32 bits per heavy atom. The number of hydrogen-bond donors (Lipinski definition) is 2. The third kappa shape index (κ3) is 9.40. The van der Waals surface area contributed by atoms with Crippen molar-refractivity contribution in [2.24, 2.45) is 10.8 Å². The summed E-state index contributed by atoms with van der Waals surface area (Å²) in [5.41, 5.74) is -0.489. The van der Waals surface area contributed by atoms with Crippen LogP contribution in [0.1, 0.15) is 109 Å². The van der Waals surface area contributed by atoms with Crippen molar-refractivity contribution >= 4 is 11.9 Å². The molecule has 0 amide bonds. The van der Waals surface area contributed by atoms with Crippen molar-refractivity contribution in [3.63, 3.8) is 0 Å². The Labute approximate surface area is 203 Å². The fraction of sp³-hybridized carbons (Fsp3) is 0.643. The van der Waals surface area contributed by atoms with Crippen LogP contribution in [0, 0.1) is 10.8 Å². The summed E-state index contributed by atoms with van der Waals surface area (Å²) in [5, 5.41) is 18.8. The SMILES string of the molecule is CC(C)(C)CCCC(C(=O)O)c1ccc(CCCc2ccc(CCCCC(C)(C)C(=O)O)o2)o1. The van der Waals surface area contributed by atoms with Gasteiger partial charge in [0, 0.05) is 19.3 Å². The van der Waals surface area contributed by atoms with Crippen LogP contribution in [0.4, 0.5) is 0 Å². The Kier molecular flexibility index (Phi) is 10.0. The van der Waals surface area contributed by atoms with E-state index in [-0.39, 0.29) is 5.41 Å². The van der Waals surface area contributed by atoms with Crippen LogP contribution in [-0.2, 0) is 28.9 Å². The van der Waals surface area contributed by atoms with E-state index in [1.54, 1.807) is 13.8 Å². The zero-order valence-corrected chi connectivity index (χ0v) is 21.5. The predicted octanol–water partition coefficient (Wildman–Crippen LogP) is 7.26. The van der Waals surface area contributed by atoms with Gasteiger partial charge in [0.05, 0.1) is 5.41 Å². The molecule has 2 rings (SSSR count). The Morgan fingerprint density at radius 1 is 0.765 bits per heavy atom. The Balaban J connectivity index is 1.75. The first-order chi connectivity index (χ1) is 15.9. The molecular formula is C28H42O6. The first-order valence-electron chi connectivity index (χ1n) is 12.5. The molecule has 1 unspecified atom stereocenters. The fourth-order valence-corrected chi connectivity index (χ4v) is 4.04. The lowest BCUT2D eigenvalue weighted by Crippen LogP contribution is -2.23. The van der Waals surface area contributed by atoms with Gasteiger partial charge in [0.15, 0.2) is 0 Å². The highest BCUT2D eigenvalue weighted by Gasteiger charge is 2.26. The molecule has 0 aliphatic carbocycles. The van der Waals surface area contributed by atoms with Crippen LogP contribution < -0.4 is 0 Å². The second kappa shape index (κ2) is 12.3. The molecule has 0 radical (unpaired) electrons. The van der Waals surface area contributed by atoms with Gasteiger partial charge in [0.25, 0.3) is 0 Å². The number of rotatable bonds is 15. The Morgan fingerprint density at radius 3 is 1.88 bits per heavy atom. The first-order valence-corrected chi connectivity index (χ1v) is 12.5. The minimum Gasteiger partial charge on any atom is -0.481 e. The van der Waals surface area contributed by atoms with Crippen molar-refractivity contribution in [1.29, 1.82) is 0 Å². The molecule has 2 aromatic heterocycles. The lowest BCUT2D eigenvalue weighted by molar-refractivity contribution is -0.147. The minimum absolute atomic E-state index is 0.195. The van der Waals surface area contributed by atoms with Crippen LogP contribution in [0.2, 0.25) is 0 Å². The smallest absolute Gasteiger partial charge is 0.314 e. The molecule has 0 spiro atoms. The van der Waals surface area contributed by atoms with Gasteiger partial charge in [-0.1, -0.05) is 33.6 Å². The molecule has 1 atom stereocenters. The van der Waals surface area contributed by atoms with Gasteiger partial charge in [0.2, 0.25) is 0 Å². The molecule has 6 nitrogen and oxygen atoms in total. The van der Waals surface area contributed by atoms with Crippen molar-refractivity contribution in [3.8, 4) is 0 Å². The topological polar surface area (TPSA) is 101 Å². The highest BCUT2D eigenvalue weighted by Crippen LogP contribution is 2.29. The summed E-state index contributed by atoms with van der Waals surface area (Å²) in [5.74, 6) is 1.04. The average molecular weight is 475 g/mol. The number of aryl methyl sites for hydroxylation is 3. The summed E-state index contributed by atoms with van der Waals surface area (Å²) in [6.45, 7) is 10.0. The van der Waals surface area contributed by atoms with Gasteiger partial charge in [-0.2, -0.15) is 0 Å². The van der Waals surface area contributed by atoms with Gasteiger partial charge in [-0.15, -0.1) is 0 Å². The molecule has 0 saturated heterocycles. The van der Waals surface area contributed by atoms with Crippen molar-refractivity contribution in [2.75, 3.05) is 0 Å². The van der Waals surface area contributed by atoms with Gasteiger partial charge in [-0.3, -0.25) is 9.59 Å². The highest BCUT2D eigenvalue weighted by molar-refractivity contribution is 5.75. The summed E-state index contributed by atoms with van der Waals surface area (Å²) in [7, 11) is 0. The standard InChI is InChI=1S/C28H42O6/c1-27(2,3)18-9-13-23(25(29)30)24-17-16-22(34-24)12-8-11-21-15-14-20(33-21)10-6-7-19-28(4,5)26(31)32/h14-17,23H,6-13,18-19H2,1-5H3,(H,29,30)(H,31,32). The van der Waals surface area contributed by atoms with Crippen molar-refractivity contribution in [3.05, 3.63) is 47.3 Å². The van der Waals surface area contributed by atoms with E-state index in [1.165, 1.54) is 0 Å². The molecule has 0 bridgehead atoms. The number of carbonyl (C=O) groups is 2. The number of hydrogen-bond acceptors (Lipinski definition) is 4. The van der Waals surface area contributed by atoms with Crippen LogP contribution in [-0.4, -0.2) is 22.2 Å². The van der Waals surface area contributed by atoms with E-state index < -0.39 is 23.3 Å². The van der Waals surface area contributed by atoms with Gasteiger partial charge < -0.3 is 19.0 Å². The first kappa shape index (κ1) is 27.7. The highest BCUT2D eigenvalue weighted by atomic mass is 16.4. The molecule has 2 N–H and O–H groups in total. The summed E-state index contributed by atoms with van der Waals surface area (Å²) >= 11 is 0. The van der Waals surface area contributed by atoms with Crippen LogP contribution in [0.5, 0.6) is 0 Å². The predicted molar refractivity (Wildman–Crippen MR) is 132 cm³/mol. The van der Waals surface area contributed by atoms with Crippen LogP contribution in [0.3, 0.4) is 0 Å². The lowest BCUT2D eigenvalue weighted by atomic mass is 9.87. The zero-order valence-electron chi connectivity index (χ0n) is 21.5. The summed E-state index contributed by atoms with van der Waals surface area (Å²) in [4.78, 5) is 22.9. The molecule has 2 heterocycles. The normalized spacial score (nSPS) is 13.2. The zero-order chi connectivity index (χ0) is 25.4. The largest absolute Gasteiger partial charge is 0.481 e. The summed E-state index contributed by atoms with van der Waals surface area (Å²) in [6.07, 6.45) is 8.01. The van der Waals surface area contributed by atoms with E-state index >= 15 is 0 Å². The van der Waals surface area contributed by atoms with Crippen molar-refractivity contribution < 1.29 is 28.6 Å². The van der Waals surface area contributed by atoms with Crippen molar-refractivity contribution in [2.45, 2.75) is 105 Å². The molecule has 0 aromatic carbocycles. The molecule has 34 heavy (non-hydrogen) atoms. The number of unbranched alkanes of at least 4 members (excludes halogenated alkanes) is 1. The minimum atomic E-state index is -0.829. The van der Waals surface area contributed by atoms with E-state index in [1.807, 2.05) is 24.3 Å². The number of furan rings is 2. The summed E-state index contributed by atoms with van der Waals surface area (Å²) < 4.78 is 11.8. The number of carboxylic acids is 2. The van der Waals surface area contributed by atoms with E-state index in [9.17, 15) is 19.8 Å². The maximum atomic E-state index is 11.7. The fourth-order valence-electron chi connectivity index (χ4n) is 4.04. The van der Waals surface area contributed by atoms with Crippen molar-refractivity contribution in [1.82, 2.24) is 0 Å². The van der Waals surface area contributed by atoms with Crippen LogP contribution >= 0.6 is 0 Å². The average Bonchev–Trinajstić information content (AvgIpc) is 3.37. The molecule has 0 aliphatic rings. The van der Waals surface area contributed by atoms with E-state index in [0.29, 0.717) is 18.6 Å². The molecule has 190 valence electrons. The van der Waals surface area contributed by atoms with Gasteiger partial charge in [0.1, 0.15) is 29.0 Å². The quantitative estimate of drug-likeness (QED) is 0.264. The van der Waals surface area contributed by atoms with Crippen LogP contribution in [0.25, 0.3) is 0 Å². The van der Waals surface area contributed by atoms with E-state index in [0.717, 1.165) is 68.6 Å². The van der Waals surface area contributed by atoms with Gasteiger partial charge in [-0.05, 0) is 75.6 Å². The summed E-state index contributed by atoms with van der Waals surface area (Å²) in [6, 6.07) is 7.69.